The van der Waals surface area contributed by atoms with E-state index in [0.29, 0.717) is 79.8 Å². The number of nitrogens with one attached hydrogen (secondary N) is 3. The minimum absolute atomic E-state index is 0.0385. The van der Waals surface area contributed by atoms with Crippen molar-refractivity contribution in [3.8, 4) is 11.8 Å². The maximum Gasteiger partial charge on any atom is 0.417 e. The fourth-order valence-corrected chi connectivity index (χ4v) is 8.68. The number of thiocarbonyl (C=S) groups is 1. The van der Waals surface area contributed by atoms with Crippen molar-refractivity contribution in [2.45, 2.75) is 70.1 Å². The molecule has 1 atom stereocenters. The number of imide groups is 1. The van der Waals surface area contributed by atoms with E-state index in [4.69, 9.17) is 28.6 Å². The van der Waals surface area contributed by atoms with Crippen molar-refractivity contribution in [1.29, 1.82) is 5.26 Å². The smallest absolute Gasteiger partial charge is 0.417 e. The summed E-state index contributed by atoms with van der Waals surface area (Å²) in [6.07, 6.45) is 0.102. The second kappa shape index (κ2) is 17.0. The number of amides is 4. The topological polar surface area (TPSA) is 150 Å². The van der Waals surface area contributed by atoms with Crippen molar-refractivity contribution < 1.29 is 37.1 Å². The summed E-state index contributed by atoms with van der Waals surface area (Å²) in [6.45, 7) is 6.18. The number of carbonyl (C=O) groups excluding carboxylic acids is 4. The molecule has 314 valence electrons. The molecule has 1 spiro atoms. The number of nitriles is 1. The van der Waals surface area contributed by atoms with E-state index >= 15 is 0 Å². The summed E-state index contributed by atoms with van der Waals surface area (Å²) in [5.41, 5.74) is 0.694. The molecule has 4 aliphatic rings. The molecule has 1 aliphatic carbocycles. The van der Waals surface area contributed by atoms with E-state index in [1.807, 2.05) is 43.1 Å². The average Bonchev–Trinajstić information content (AvgIpc) is 3.42. The van der Waals surface area contributed by atoms with Crippen LogP contribution in [0.1, 0.15) is 62.6 Å². The summed E-state index contributed by atoms with van der Waals surface area (Å²) in [5, 5.41) is 18.0. The Bertz CT molecular complexity index is 2330. The molecule has 7 rings (SSSR count). The number of alkyl halides is 3. The highest BCUT2D eigenvalue weighted by atomic mass is 35.5. The Morgan fingerprint density at radius 2 is 1.82 bits per heavy atom. The molecule has 0 radical (unpaired) electrons. The Balaban J connectivity index is 0.952. The lowest BCUT2D eigenvalue weighted by Crippen LogP contribution is -2.55. The van der Waals surface area contributed by atoms with Crippen molar-refractivity contribution in [3.05, 3.63) is 88.2 Å². The Hall–Kier alpha value is -5.86. The number of hydrogen-bond acceptors (Lipinski definition) is 10. The molecule has 18 heteroatoms. The number of aryl methyl sites for hydroxylation is 1. The van der Waals surface area contributed by atoms with Crippen molar-refractivity contribution in [1.82, 2.24) is 15.1 Å². The number of allylic oxidation sites excluding steroid dienone is 1. The SMILES string of the molecule is CCc1cc(N2C(=S)N(c3ccc(C#N)c(C(F)(F)F)c3)C(=O)C23CCC3)ccc1OCCN1C=C(C)N(CC(=O)Nc2cc(Cl)cc(NC3CCC(=O)NC3=O)c2)CC1. The number of anilines is 4. The molecule has 3 N–H and O–H groups in total. The number of benzene rings is 3. The molecule has 13 nitrogen and oxygen atoms in total. The Kier molecular flexibility index (Phi) is 12.0. The second-order valence-corrected chi connectivity index (χ2v) is 15.9. The lowest BCUT2D eigenvalue weighted by Gasteiger charge is -2.43. The number of hydrogen-bond donors (Lipinski definition) is 3. The fraction of sp³-hybridized carbons (Fsp3) is 0.381. The van der Waals surface area contributed by atoms with Crippen LogP contribution >= 0.6 is 23.8 Å². The molecule has 3 aliphatic heterocycles. The minimum atomic E-state index is -4.79. The van der Waals surface area contributed by atoms with E-state index in [1.165, 1.54) is 6.07 Å². The largest absolute Gasteiger partial charge is 0.491 e. The van der Waals surface area contributed by atoms with Crippen molar-refractivity contribution in [3.63, 3.8) is 0 Å². The Labute approximate surface area is 355 Å². The predicted octanol–water partition coefficient (Wildman–Crippen LogP) is 6.57. The number of carbonyl (C=O) groups is 4. The van der Waals surface area contributed by atoms with E-state index in [1.54, 1.807) is 29.2 Å². The number of nitrogens with zero attached hydrogens (tertiary/aromatic N) is 5. The van der Waals surface area contributed by atoms with Gasteiger partial charge in [0.25, 0.3) is 5.91 Å². The van der Waals surface area contributed by atoms with Gasteiger partial charge in [-0.05, 0) is 111 Å². The summed E-state index contributed by atoms with van der Waals surface area (Å²) in [4.78, 5) is 57.7. The first-order valence-electron chi connectivity index (χ1n) is 19.5. The maximum atomic E-state index is 14.0. The molecule has 0 aromatic heterocycles. The van der Waals surface area contributed by atoms with Crippen molar-refractivity contribution in [2.75, 3.05) is 53.2 Å². The summed E-state index contributed by atoms with van der Waals surface area (Å²) < 4.78 is 47.8. The van der Waals surface area contributed by atoms with Gasteiger partial charge in [0.15, 0.2) is 5.11 Å². The average molecular weight is 863 g/mol. The highest BCUT2D eigenvalue weighted by Gasteiger charge is 2.59. The zero-order valence-electron chi connectivity index (χ0n) is 32.8. The first kappa shape index (κ1) is 42.3. The van der Waals surface area contributed by atoms with Crippen LogP contribution in [-0.2, 0) is 31.8 Å². The second-order valence-electron chi connectivity index (χ2n) is 15.1. The van der Waals surface area contributed by atoms with E-state index in [-0.39, 0.29) is 35.6 Å². The lowest BCUT2D eigenvalue weighted by molar-refractivity contribution is -0.138. The highest BCUT2D eigenvalue weighted by molar-refractivity contribution is 7.81. The minimum Gasteiger partial charge on any atom is -0.491 e. The number of piperidine rings is 1. The number of ether oxygens (including phenoxy) is 1. The molecule has 3 aromatic carbocycles. The van der Waals surface area contributed by atoms with Gasteiger partial charge in [0.1, 0.15) is 23.9 Å². The van der Waals surface area contributed by atoms with E-state index in [2.05, 4.69) is 20.9 Å². The molecule has 1 saturated carbocycles. The van der Waals surface area contributed by atoms with Gasteiger partial charge < -0.3 is 30.1 Å². The molecule has 3 aromatic rings. The monoisotopic (exact) mass is 862 g/mol. The molecule has 3 heterocycles. The molecular weight excluding hydrogens is 821 g/mol. The molecule has 1 unspecified atom stereocenters. The summed E-state index contributed by atoms with van der Waals surface area (Å²) in [6, 6.07) is 14.7. The maximum absolute atomic E-state index is 14.0. The van der Waals surface area contributed by atoms with Gasteiger partial charge in [-0.2, -0.15) is 18.4 Å². The fourth-order valence-electron chi connectivity index (χ4n) is 7.97. The normalized spacial score (nSPS) is 18.9. The molecular formula is C42H42ClF3N8O5S. The van der Waals surface area contributed by atoms with Crippen LogP contribution in [0.3, 0.4) is 0 Å². The third kappa shape index (κ3) is 8.57. The molecule has 3 fully saturated rings. The van der Waals surface area contributed by atoms with E-state index < -0.39 is 40.7 Å². The van der Waals surface area contributed by atoms with Gasteiger partial charge >= 0.3 is 6.18 Å². The van der Waals surface area contributed by atoms with Crippen LogP contribution in [0.25, 0.3) is 0 Å². The summed E-state index contributed by atoms with van der Waals surface area (Å²) >= 11 is 12.1. The van der Waals surface area contributed by atoms with E-state index in [0.717, 1.165) is 34.7 Å². The third-order valence-electron chi connectivity index (χ3n) is 11.2. The summed E-state index contributed by atoms with van der Waals surface area (Å²) in [5.74, 6) is -0.706. The standard InChI is InChI=1S/C42H42ClF3N8O5S/c1-3-26-17-32(54-40(60)53(39(58)41(54)11-4-12-41)31-6-5-27(22-47)33(21-31)42(44,45)46)7-9-35(26)59-16-15-51-13-14-52(25(2)23-51)24-37(56)49-30-19-28(43)18-29(20-30)48-34-8-10-36(55)50-38(34)57/h5-7,9,17-21,23,34,48H,3-4,8,10-16,24H2,1-2H3,(H,49,56)(H,50,55,57). The molecule has 4 amide bonds. The molecule has 60 heavy (non-hydrogen) atoms. The molecule has 2 saturated heterocycles. The van der Waals surface area contributed by atoms with Crippen LogP contribution in [0.5, 0.6) is 5.75 Å². The van der Waals surface area contributed by atoms with Gasteiger partial charge in [-0.25, -0.2) is 0 Å². The van der Waals surface area contributed by atoms with Gasteiger partial charge in [0.05, 0.1) is 36.0 Å². The van der Waals surface area contributed by atoms with Gasteiger partial charge in [0, 0.05) is 53.5 Å². The lowest BCUT2D eigenvalue weighted by atomic mass is 9.75. The highest BCUT2D eigenvalue weighted by Crippen LogP contribution is 2.49. The molecule has 0 bridgehead atoms. The first-order valence-corrected chi connectivity index (χ1v) is 20.3. The number of rotatable bonds is 12. The first-order chi connectivity index (χ1) is 28.6. The summed E-state index contributed by atoms with van der Waals surface area (Å²) in [7, 11) is 0. The quantitative estimate of drug-likeness (QED) is 0.134. The van der Waals surface area contributed by atoms with Crippen LogP contribution in [0.4, 0.5) is 35.9 Å². The van der Waals surface area contributed by atoms with Gasteiger partial charge in [-0.1, -0.05) is 18.5 Å². The predicted molar refractivity (Wildman–Crippen MR) is 223 cm³/mol. The Morgan fingerprint density at radius 1 is 1.07 bits per heavy atom. The zero-order chi connectivity index (χ0) is 42.9. The number of halogens is 4. The van der Waals surface area contributed by atoms with Gasteiger partial charge in [0.2, 0.25) is 17.7 Å². The van der Waals surface area contributed by atoms with Gasteiger partial charge in [-0.15, -0.1) is 0 Å². The van der Waals surface area contributed by atoms with Crippen LogP contribution < -0.4 is 30.5 Å². The van der Waals surface area contributed by atoms with E-state index in [9.17, 15) is 37.6 Å². The Morgan fingerprint density at radius 3 is 2.48 bits per heavy atom. The van der Waals surface area contributed by atoms with Crippen LogP contribution in [0, 0.1) is 11.3 Å². The van der Waals surface area contributed by atoms with Crippen molar-refractivity contribution in [2.24, 2.45) is 0 Å². The van der Waals surface area contributed by atoms with Crippen LogP contribution in [-0.4, -0.2) is 82.9 Å². The zero-order valence-corrected chi connectivity index (χ0v) is 34.4. The van der Waals surface area contributed by atoms with Gasteiger partial charge in [-0.3, -0.25) is 29.4 Å². The van der Waals surface area contributed by atoms with Crippen molar-refractivity contribution >= 4 is 75.3 Å². The third-order valence-corrected chi connectivity index (χ3v) is 11.8. The van der Waals surface area contributed by atoms with Crippen LogP contribution in [0.2, 0.25) is 5.02 Å². The van der Waals surface area contributed by atoms with Crippen LogP contribution in [0.15, 0.2) is 66.5 Å².